The molecule has 2 heterocycles. The zero-order valence-corrected chi connectivity index (χ0v) is 16.5. The highest BCUT2D eigenvalue weighted by molar-refractivity contribution is 5.42. The van der Waals surface area contributed by atoms with E-state index in [0.717, 1.165) is 36.5 Å². The molecule has 0 saturated carbocycles. The van der Waals surface area contributed by atoms with Crippen LogP contribution in [-0.2, 0) is 13.0 Å². The van der Waals surface area contributed by atoms with Crippen molar-refractivity contribution in [3.05, 3.63) is 76.2 Å². The molecule has 0 bridgehead atoms. The lowest BCUT2D eigenvalue weighted by Crippen LogP contribution is -2.36. The third kappa shape index (κ3) is 4.42. The van der Waals surface area contributed by atoms with Gasteiger partial charge in [0.1, 0.15) is 17.3 Å². The van der Waals surface area contributed by atoms with Gasteiger partial charge in [0.05, 0.1) is 6.61 Å². The molecule has 1 aromatic heterocycles. The van der Waals surface area contributed by atoms with Gasteiger partial charge >= 0.3 is 5.69 Å². The van der Waals surface area contributed by atoms with Crippen molar-refractivity contribution in [1.29, 1.82) is 0 Å². The third-order valence-corrected chi connectivity index (χ3v) is 4.92. The number of nitrogens with zero attached hydrogens (tertiary/aromatic N) is 3. The number of hydrogen-bond donors (Lipinski definition) is 0. The topological polar surface area (TPSA) is 56.6 Å². The number of aromatic nitrogens is 2. The van der Waals surface area contributed by atoms with E-state index in [0.29, 0.717) is 31.2 Å². The van der Waals surface area contributed by atoms with Gasteiger partial charge in [-0.2, -0.15) is 4.98 Å². The lowest BCUT2D eigenvalue weighted by Gasteiger charge is -2.28. The Balaban J connectivity index is 1.34. The van der Waals surface area contributed by atoms with Crippen molar-refractivity contribution in [1.82, 2.24) is 9.55 Å². The summed E-state index contributed by atoms with van der Waals surface area (Å²) in [6, 6.07) is 12.4. The Kier molecular flexibility index (Phi) is 5.65. The highest BCUT2D eigenvalue weighted by Gasteiger charge is 2.17. The van der Waals surface area contributed by atoms with Crippen molar-refractivity contribution in [2.75, 3.05) is 25.1 Å². The third-order valence-electron chi connectivity index (χ3n) is 4.92. The molecule has 0 spiro atoms. The molecule has 1 aliphatic rings. The van der Waals surface area contributed by atoms with Crippen molar-refractivity contribution in [3.63, 3.8) is 0 Å². The molecule has 0 saturated heterocycles. The summed E-state index contributed by atoms with van der Waals surface area (Å²) in [5.74, 6) is -0.00516. The fourth-order valence-corrected chi connectivity index (χ4v) is 3.33. The zero-order chi connectivity index (χ0) is 21.1. The van der Waals surface area contributed by atoms with Gasteiger partial charge in [-0.15, -0.1) is 0 Å². The monoisotopic (exact) mass is 413 g/mol. The van der Waals surface area contributed by atoms with Gasteiger partial charge in [-0.3, -0.25) is 4.57 Å². The second-order valence-corrected chi connectivity index (χ2v) is 7.08. The normalized spacial score (nSPS) is 13.1. The van der Waals surface area contributed by atoms with Gasteiger partial charge in [0.25, 0.3) is 0 Å². The van der Waals surface area contributed by atoms with Crippen LogP contribution in [0, 0.1) is 11.6 Å². The molecule has 6 nitrogen and oxygen atoms in total. The van der Waals surface area contributed by atoms with Crippen LogP contribution in [0.1, 0.15) is 12.0 Å². The lowest BCUT2D eigenvalue weighted by atomic mass is 10.1. The minimum Gasteiger partial charge on any atom is -0.477 e. The molecular formula is C22H21F2N3O3. The smallest absolute Gasteiger partial charge is 0.352 e. The molecule has 3 aromatic rings. The SMILES string of the molecule is CN1CCCn2c1cc(OCCc1ccc(Oc3ccc(F)c(F)c3)cc1)nc2=O. The molecular weight excluding hydrogens is 392 g/mol. The van der Waals surface area contributed by atoms with Gasteiger partial charge in [0, 0.05) is 38.7 Å². The molecule has 8 heteroatoms. The van der Waals surface area contributed by atoms with Gasteiger partial charge in [0.15, 0.2) is 11.6 Å². The van der Waals surface area contributed by atoms with Crippen LogP contribution in [0.2, 0.25) is 0 Å². The molecule has 30 heavy (non-hydrogen) atoms. The number of anilines is 1. The van der Waals surface area contributed by atoms with Crippen molar-refractivity contribution in [3.8, 4) is 17.4 Å². The fraction of sp³-hybridized carbons (Fsp3) is 0.273. The van der Waals surface area contributed by atoms with Crippen LogP contribution >= 0.6 is 0 Å². The molecule has 0 amide bonds. The Morgan fingerprint density at radius 2 is 1.77 bits per heavy atom. The Morgan fingerprint density at radius 1 is 1.00 bits per heavy atom. The number of hydrogen-bond acceptors (Lipinski definition) is 5. The summed E-state index contributed by atoms with van der Waals surface area (Å²) in [7, 11) is 1.94. The Bertz CT molecular complexity index is 1100. The zero-order valence-electron chi connectivity index (χ0n) is 16.5. The van der Waals surface area contributed by atoms with Crippen LogP contribution in [-0.4, -0.2) is 29.8 Å². The standard InChI is InChI=1S/C22H21F2N3O3/c1-26-10-2-11-27-21(26)14-20(25-22(27)28)29-12-9-15-3-5-16(6-4-15)30-17-7-8-18(23)19(24)13-17/h3-8,13-14H,2,9-12H2,1H3. The van der Waals surface area contributed by atoms with Crippen molar-refractivity contribution >= 4 is 5.82 Å². The summed E-state index contributed by atoms with van der Waals surface area (Å²) in [6.45, 7) is 1.93. The highest BCUT2D eigenvalue weighted by atomic mass is 19.2. The predicted molar refractivity (Wildman–Crippen MR) is 108 cm³/mol. The molecule has 0 radical (unpaired) electrons. The average molecular weight is 413 g/mol. The van der Waals surface area contributed by atoms with E-state index in [9.17, 15) is 13.6 Å². The van der Waals surface area contributed by atoms with Crippen molar-refractivity contribution < 1.29 is 18.3 Å². The second kappa shape index (κ2) is 8.52. The number of fused-ring (bicyclic) bond motifs is 1. The van der Waals surface area contributed by atoms with E-state index in [1.165, 1.54) is 6.07 Å². The van der Waals surface area contributed by atoms with E-state index >= 15 is 0 Å². The summed E-state index contributed by atoms with van der Waals surface area (Å²) in [4.78, 5) is 18.2. The van der Waals surface area contributed by atoms with Crippen LogP contribution in [0.4, 0.5) is 14.6 Å². The van der Waals surface area contributed by atoms with E-state index in [1.54, 1.807) is 22.8 Å². The Morgan fingerprint density at radius 3 is 2.53 bits per heavy atom. The summed E-state index contributed by atoms with van der Waals surface area (Å²) < 4.78 is 39.1. The number of ether oxygens (including phenoxy) is 2. The van der Waals surface area contributed by atoms with Crippen molar-refractivity contribution in [2.45, 2.75) is 19.4 Å². The average Bonchev–Trinajstić information content (AvgIpc) is 2.73. The van der Waals surface area contributed by atoms with Crippen LogP contribution in [0.5, 0.6) is 17.4 Å². The van der Waals surface area contributed by atoms with Crippen molar-refractivity contribution in [2.24, 2.45) is 0 Å². The van der Waals surface area contributed by atoms with E-state index < -0.39 is 11.6 Å². The predicted octanol–water partition coefficient (Wildman–Crippen LogP) is 3.78. The van der Waals surface area contributed by atoms with Crippen LogP contribution in [0.15, 0.2) is 53.3 Å². The van der Waals surface area contributed by atoms with E-state index in [-0.39, 0.29) is 11.4 Å². The number of halogens is 2. The summed E-state index contributed by atoms with van der Waals surface area (Å²) in [5.41, 5.74) is 0.701. The van der Waals surface area contributed by atoms with Crippen LogP contribution in [0.25, 0.3) is 0 Å². The molecule has 0 aliphatic carbocycles. The van der Waals surface area contributed by atoms with E-state index in [4.69, 9.17) is 9.47 Å². The number of rotatable bonds is 6. The van der Waals surface area contributed by atoms with Gasteiger partial charge < -0.3 is 14.4 Å². The molecule has 156 valence electrons. The quantitative estimate of drug-likeness (QED) is 0.616. The van der Waals surface area contributed by atoms with Gasteiger partial charge in [-0.1, -0.05) is 12.1 Å². The minimum atomic E-state index is -0.956. The van der Waals surface area contributed by atoms with E-state index in [2.05, 4.69) is 4.98 Å². The summed E-state index contributed by atoms with van der Waals surface area (Å²) in [5, 5.41) is 0. The van der Waals surface area contributed by atoms with Gasteiger partial charge in [-0.25, -0.2) is 13.6 Å². The fourth-order valence-electron chi connectivity index (χ4n) is 3.33. The lowest BCUT2D eigenvalue weighted by molar-refractivity contribution is 0.305. The Hall–Kier alpha value is -3.42. The minimum absolute atomic E-state index is 0.222. The molecule has 0 unspecified atom stereocenters. The first-order valence-electron chi connectivity index (χ1n) is 9.67. The number of benzene rings is 2. The first kappa shape index (κ1) is 19.9. The van der Waals surface area contributed by atoms with E-state index in [1.807, 2.05) is 24.1 Å². The molecule has 2 aromatic carbocycles. The molecule has 1 aliphatic heterocycles. The highest BCUT2D eigenvalue weighted by Crippen LogP contribution is 2.24. The maximum Gasteiger partial charge on any atom is 0.352 e. The maximum atomic E-state index is 13.3. The largest absolute Gasteiger partial charge is 0.477 e. The van der Waals surface area contributed by atoms with Gasteiger partial charge in [0.2, 0.25) is 5.88 Å². The molecule has 0 atom stereocenters. The van der Waals surface area contributed by atoms with Gasteiger partial charge in [-0.05, 0) is 36.2 Å². The maximum absolute atomic E-state index is 13.3. The molecule has 0 fully saturated rings. The molecule has 0 N–H and O–H groups in total. The van der Waals surface area contributed by atoms with Crippen LogP contribution in [0.3, 0.4) is 0 Å². The summed E-state index contributed by atoms with van der Waals surface area (Å²) >= 11 is 0. The first-order valence-corrected chi connectivity index (χ1v) is 9.67. The van der Waals surface area contributed by atoms with Crippen LogP contribution < -0.4 is 20.1 Å². The molecule has 4 rings (SSSR count). The first-order chi connectivity index (χ1) is 14.5. The Labute approximate surface area is 172 Å². The summed E-state index contributed by atoms with van der Waals surface area (Å²) in [6.07, 6.45) is 1.53. The second-order valence-electron chi connectivity index (χ2n) is 7.08.